The lowest BCUT2D eigenvalue weighted by molar-refractivity contribution is 0.539. The average Bonchev–Trinajstić information content (AvgIpc) is 3.38. The molecule has 0 atom stereocenters. The molecule has 0 aliphatic heterocycles. The summed E-state index contributed by atoms with van der Waals surface area (Å²) in [7, 11) is 0. The van der Waals surface area contributed by atoms with Crippen LogP contribution in [0, 0.1) is 5.92 Å². The van der Waals surface area contributed by atoms with Crippen LogP contribution in [0.4, 0.5) is 0 Å². The summed E-state index contributed by atoms with van der Waals surface area (Å²) >= 11 is 0. The first kappa shape index (κ1) is 15.7. The number of benzene rings is 1. The molecule has 0 radical (unpaired) electrons. The van der Waals surface area contributed by atoms with E-state index in [1.165, 1.54) is 23.1 Å². The van der Waals surface area contributed by atoms with Crippen molar-refractivity contribution in [1.82, 2.24) is 20.0 Å². The highest BCUT2D eigenvalue weighted by atomic mass is 16.4. The maximum absolute atomic E-state index is 12.6. The van der Waals surface area contributed by atoms with Crippen molar-refractivity contribution in [2.75, 3.05) is 0 Å². The highest BCUT2D eigenvalue weighted by Crippen LogP contribution is 2.37. The number of nitrogens with zero attached hydrogens (tertiary/aromatic N) is 4. The van der Waals surface area contributed by atoms with Crippen LogP contribution in [0.3, 0.4) is 0 Å². The molecule has 0 spiro atoms. The zero-order valence-corrected chi connectivity index (χ0v) is 14.4. The number of rotatable bonds is 5. The van der Waals surface area contributed by atoms with Crippen LogP contribution in [-0.2, 0) is 6.54 Å². The molecule has 1 fully saturated rings. The van der Waals surface area contributed by atoms with Gasteiger partial charge in [-0.1, -0.05) is 30.7 Å². The van der Waals surface area contributed by atoms with Crippen LogP contribution in [0.5, 0.6) is 0 Å². The van der Waals surface area contributed by atoms with E-state index < -0.39 is 0 Å². The minimum Gasteiger partial charge on any atom is -0.415 e. The van der Waals surface area contributed by atoms with Crippen molar-refractivity contribution >= 4 is 16.8 Å². The lowest BCUT2D eigenvalue weighted by Gasteiger charge is -2.07. The van der Waals surface area contributed by atoms with Crippen LogP contribution < -0.4 is 5.56 Å². The Morgan fingerprint density at radius 1 is 1.28 bits per heavy atom. The summed E-state index contributed by atoms with van der Waals surface area (Å²) in [6, 6.07) is 7.41. The van der Waals surface area contributed by atoms with Gasteiger partial charge < -0.3 is 4.42 Å². The van der Waals surface area contributed by atoms with E-state index >= 15 is 0 Å². The summed E-state index contributed by atoms with van der Waals surface area (Å²) in [6.07, 6.45) is 5.23. The second-order valence-corrected chi connectivity index (χ2v) is 6.53. The molecule has 1 aliphatic rings. The van der Waals surface area contributed by atoms with Crippen molar-refractivity contribution in [3.05, 3.63) is 46.1 Å². The second-order valence-electron chi connectivity index (χ2n) is 6.53. The number of allylic oxidation sites excluding steroid dienone is 1. The van der Waals surface area contributed by atoms with Crippen LogP contribution in [0.15, 0.2) is 39.1 Å². The van der Waals surface area contributed by atoms with Gasteiger partial charge >= 0.3 is 0 Å². The number of fused-ring (bicyclic) bond motifs is 1. The first-order chi connectivity index (χ1) is 12.2. The number of hydrogen-bond donors (Lipinski definition) is 0. The Kier molecular flexibility index (Phi) is 3.95. The molecule has 2 heterocycles. The summed E-state index contributed by atoms with van der Waals surface area (Å²) in [6.45, 7) is 4.66. The van der Waals surface area contributed by atoms with Gasteiger partial charge in [0.1, 0.15) is 0 Å². The van der Waals surface area contributed by atoms with Crippen LogP contribution in [0.25, 0.3) is 28.4 Å². The van der Waals surface area contributed by atoms with E-state index in [-0.39, 0.29) is 5.56 Å². The standard InChI is InChI=1S/C19H20N4O2/c1-3-10-23-19(24)15-7-5-4-6-14(15)17(22-23)18-21-20-16(25-18)11-12(2)13-8-9-13/h4-7,11,13H,3,8-10H2,1-2H3/b12-11+. The molecule has 25 heavy (non-hydrogen) atoms. The van der Waals surface area contributed by atoms with Crippen molar-refractivity contribution < 1.29 is 4.42 Å². The molecule has 0 saturated heterocycles. The fraction of sp³-hybridized carbons (Fsp3) is 0.368. The van der Waals surface area contributed by atoms with Gasteiger partial charge in [0.25, 0.3) is 11.4 Å². The van der Waals surface area contributed by atoms with Crippen LogP contribution in [0.2, 0.25) is 0 Å². The maximum atomic E-state index is 12.6. The van der Waals surface area contributed by atoms with Crippen LogP contribution in [0.1, 0.15) is 39.0 Å². The third-order valence-corrected chi connectivity index (χ3v) is 4.52. The van der Waals surface area contributed by atoms with Crippen molar-refractivity contribution in [3.63, 3.8) is 0 Å². The zero-order valence-electron chi connectivity index (χ0n) is 14.4. The van der Waals surface area contributed by atoms with E-state index in [1.807, 2.05) is 37.3 Å². The van der Waals surface area contributed by atoms with Crippen molar-refractivity contribution in [2.45, 2.75) is 39.7 Å². The normalized spacial score (nSPS) is 15.0. The lowest BCUT2D eigenvalue weighted by Crippen LogP contribution is -2.23. The molecule has 1 aromatic carbocycles. The van der Waals surface area contributed by atoms with Gasteiger partial charge in [0, 0.05) is 18.0 Å². The molecule has 0 bridgehead atoms. The number of hydrogen-bond acceptors (Lipinski definition) is 5. The predicted octanol–water partition coefficient (Wildman–Crippen LogP) is 3.67. The Morgan fingerprint density at radius 2 is 2.04 bits per heavy atom. The van der Waals surface area contributed by atoms with Gasteiger partial charge in [0.05, 0.1) is 5.39 Å². The molecule has 4 rings (SSSR count). The summed E-state index contributed by atoms with van der Waals surface area (Å²) in [5.74, 6) is 1.48. The van der Waals surface area contributed by atoms with Crippen LogP contribution >= 0.6 is 0 Å². The highest BCUT2D eigenvalue weighted by Gasteiger charge is 2.23. The predicted molar refractivity (Wildman–Crippen MR) is 96.0 cm³/mol. The number of aryl methyl sites for hydroxylation is 1. The summed E-state index contributed by atoms with van der Waals surface area (Å²) in [4.78, 5) is 12.6. The Labute approximate surface area is 145 Å². The Bertz CT molecular complexity index is 1010. The molecule has 6 heteroatoms. The van der Waals surface area contributed by atoms with E-state index in [2.05, 4.69) is 22.2 Å². The highest BCUT2D eigenvalue weighted by molar-refractivity contribution is 5.91. The van der Waals surface area contributed by atoms with Gasteiger partial charge in [-0.05, 0) is 38.2 Å². The van der Waals surface area contributed by atoms with Crippen LogP contribution in [-0.4, -0.2) is 20.0 Å². The quantitative estimate of drug-likeness (QED) is 0.711. The monoisotopic (exact) mass is 336 g/mol. The smallest absolute Gasteiger partial charge is 0.274 e. The van der Waals surface area contributed by atoms with E-state index in [9.17, 15) is 4.79 Å². The third kappa shape index (κ3) is 2.99. The van der Waals surface area contributed by atoms with E-state index in [0.717, 1.165) is 11.8 Å². The van der Waals surface area contributed by atoms with Gasteiger partial charge in [-0.3, -0.25) is 4.79 Å². The first-order valence-corrected chi connectivity index (χ1v) is 8.69. The zero-order chi connectivity index (χ0) is 17.4. The summed E-state index contributed by atoms with van der Waals surface area (Å²) in [5, 5.41) is 14.1. The largest absolute Gasteiger partial charge is 0.415 e. The molecule has 3 aromatic rings. The SMILES string of the molecule is CCCn1nc(-c2nnc(/C=C(\C)C3CC3)o2)c2ccccc2c1=O. The van der Waals surface area contributed by atoms with Gasteiger partial charge in [0.2, 0.25) is 5.89 Å². The number of aromatic nitrogens is 4. The molecule has 0 amide bonds. The summed E-state index contributed by atoms with van der Waals surface area (Å²) in [5.41, 5.74) is 1.73. The molecule has 128 valence electrons. The molecular formula is C19H20N4O2. The Balaban J connectivity index is 1.83. The topological polar surface area (TPSA) is 73.8 Å². The molecule has 0 unspecified atom stereocenters. The molecule has 0 N–H and O–H groups in total. The van der Waals surface area contributed by atoms with Gasteiger partial charge in [-0.25, -0.2) is 4.68 Å². The van der Waals surface area contributed by atoms with Crippen molar-refractivity contribution in [2.24, 2.45) is 5.92 Å². The van der Waals surface area contributed by atoms with Crippen molar-refractivity contribution in [1.29, 1.82) is 0 Å². The molecule has 1 aliphatic carbocycles. The third-order valence-electron chi connectivity index (χ3n) is 4.52. The first-order valence-electron chi connectivity index (χ1n) is 8.69. The average molecular weight is 336 g/mol. The van der Waals surface area contributed by atoms with E-state index in [1.54, 1.807) is 0 Å². The van der Waals surface area contributed by atoms with Gasteiger partial charge in [-0.2, -0.15) is 5.10 Å². The Morgan fingerprint density at radius 3 is 2.76 bits per heavy atom. The molecular weight excluding hydrogens is 316 g/mol. The fourth-order valence-electron chi connectivity index (χ4n) is 3.00. The summed E-state index contributed by atoms with van der Waals surface area (Å²) < 4.78 is 7.30. The van der Waals surface area contributed by atoms with E-state index in [0.29, 0.717) is 35.3 Å². The maximum Gasteiger partial charge on any atom is 0.274 e. The lowest BCUT2D eigenvalue weighted by atomic mass is 10.1. The minimum absolute atomic E-state index is 0.0922. The van der Waals surface area contributed by atoms with Crippen molar-refractivity contribution in [3.8, 4) is 11.6 Å². The minimum atomic E-state index is -0.0922. The molecule has 6 nitrogen and oxygen atoms in total. The second kappa shape index (κ2) is 6.27. The van der Waals surface area contributed by atoms with Gasteiger partial charge in [-0.15, -0.1) is 10.2 Å². The molecule has 2 aromatic heterocycles. The fourth-order valence-corrected chi connectivity index (χ4v) is 3.00. The molecule has 1 saturated carbocycles. The van der Waals surface area contributed by atoms with Gasteiger partial charge in [0.15, 0.2) is 5.69 Å². The van der Waals surface area contributed by atoms with E-state index in [4.69, 9.17) is 4.42 Å². The Hall–Kier alpha value is -2.76.